The number of sulfonamides is 1. The molecule has 0 heterocycles. The molecule has 1 aliphatic rings. The lowest BCUT2D eigenvalue weighted by atomic mass is 9.81. The van der Waals surface area contributed by atoms with Crippen molar-refractivity contribution in [2.75, 3.05) is 12.3 Å². The van der Waals surface area contributed by atoms with Crippen molar-refractivity contribution in [1.29, 1.82) is 0 Å². The first-order chi connectivity index (χ1) is 9.92. The standard InChI is InChI=1S/C15H24N2O3S/c1-2-11-3-5-12(6-4-11)10-17-21(19,20)13-7-8-15(18)14(16)9-13/h7-9,11-12,17-18H,2-6,10,16H2,1H3. The quantitative estimate of drug-likeness (QED) is 0.575. The Morgan fingerprint density at radius 1 is 1.24 bits per heavy atom. The van der Waals surface area contributed by atoms with Gasteiger partial charge in [0.25, 0.3) is 0 Å². The van der Waals surface area contributed by atoms with Gasteiger partial charge in [0.05, 0.1) is 10.6 Å². The summed E-state index contributed by atoms with van der Waals surface area (Å²) in [7, 11) is -3.56. The van der Waals surface area contributed by atoms with Crippen LogP contribution in [0.3, 0.4) is 0 Å². The van der Waals surface area contributed by atoms with Gasteiger partial charge < -0.3 is 10.8 Å². The van der Waals surface area contributed by atoms with Crippen LogP contribution in [0.25, 0.3) is 0 Å². The van der Waals surface area contributed by atoms with E-state index in [2.05, 4.69) is 11.6 Å². The normalized spacial score (nSPS) is 23.1. The zero-order chi connectivity index (χ0) is 15.5. The van der Waals surface area contributed by atoms with Crippen molar-refractivity contribution < 1.29 is 13.5 Å². The van der Waals surface area contributed by atoms with Crippen LogP contribution in [0, 0.1) is 11.8 Å². The number of rotatable bonds is 5. The molecule has 1 aromatic rings. The number of nitrogen functional groups attached to an aromatic ring is 1. The molecule has 0 unspecified atom stereocenters. The van der Waals surface area contributed by atoms with E-state index >= 15 is 0 Å². The van der Waals surface area contributed by atoms with Crippen LogP contribution in [-0.4, -0.2) is 20.1 Å². The van der Waals surface area contributed by atoms with Crippen molar-refractivity contribution in [3.05, 3.63) is 18.2 Å². The summed E-state index contributed by atoms with van der Waals surface area (Å²) < 4.78 is 27.1. The van der Waals surface area contributed by atoms with Crippen molar-refractivity contribution in [3.63, 3.8) is 0 Å². The average Bonchev–Trinajstić information content (AvgIpc) is 2.48. The summed E-state index contributed by atoms with van der Waals surface area (Å²) in [5, 5.41) is 9.35. The van der Waals surface area contributed by atoms with E-state index in [9.17, 15) is 13.5 Å². The highest BCUT2D eigenvalue weighted by Gasteiger charge is 2.22. The summed E-state index contributed by atoms with van der Waals surface area (Å²) in [6.07, 6.45) is 5.76. The van der Waals surface area contributed by atoms with Gasteiger partial charge in [-0.15, -0.1) is 0 Å². The number of nitrogens with two attached hydrogens (primary N) is 1. The first-order valence-electron chi connectivity index (χ1n) is 7.50. The topological polar surface area (TPSA) is 92.4 Å². The Morgan fingerprint density at radius 3 is 2.43 bits per heavy atom. The van der Waals surface area contributed by atoms with Crippen LogP contribution in [0.4, 0.5) is 5.69 Å². The molecule has 1 aliphatic carbocycles. The molecule has 0 aromatic heterocycles. The summed E-state index contributed by atoms with van der Waals surface area (Å²) in [5.41, 5.74) is 5.62. The number of nitrogens with one attached hydrogen (secondary N) is 1. The lowest BCUT2D eigenvalue weighted by molar-refractivity contribution is 0.270. The number of hydrogen-bond acceptors (Lipinski definition) is 4. The van der Waals surface area contributed by atoms with Crippen molar-refractivity contribution >= 4 is 15.7 Å². The van der Waals surface area contributed by atoms with Crippen molar-refractivity contribution in [1.82, 2.24) is 4.72 Å². The third-order valence-corrected chi connectivity index (χ3v) is 5.84. The average molecular weight is 312 g/mol. The maximum atomic E-state index is 12.2. The van der Waals surface area contributed by atoms with Crippen LogP contribution < -0.4 is 10.5 Å². The van der Waals surface area contributed by atoms with Gasteiger partial charge in [0, 0.05) is 6.54 Å². The van der Waals surface area contributed by atoms with Gasteiger partial charge >= 0.3 is 0 Å². The lowest BCUT2D eigenvalue weighted by Gasteiger charge is -2.27. The Morgan fingerprint density at radius 2 is 1.86 bits per heavy atom. The molecule has 0 spiro atoms. The fourth-order valence-electron chi connectivity index (χ4n) is 2.85. The molecule has 0 saturated heterocycles. The number of aromatic hydroxyl groups is 1. The molecular weight excluding hydrogens is 288 g/mol. The zero-order valence-electron chi connectivity index (χ0n) is 12.4. The second kappa shape index (κ2) is 6.66. The minimum Gasteiger partial charge on any atom is -0.506 e. The van der Waals surface area contributed by atoms with Gasteiger partial charge in [0.2, 0.25) is 10.0 Å². The van der Waals surface area contributed by atoms with Crippen LogP contribution in [0.1, 0.15) is 39.0 Å². The highest BCUT2D eigenvalue weighted by Crippen LogP contribution is 2.30. The van der Waals surface area contributed by atoms with Crippen LogP contribution >= 0.6 is 0 Å². The number of benzene rings is 1. The smallest absolute Gasteiger partial charge is 0.240 e. The van der Waals surface area contributed by atoms with Crippen molar-refractivity contribution in [2.24, 2.45) is 11.8 Å². The summed E-state index contributed by atoms with van der Waals surface area (Å²) in [6, 6.07) is 3.95. The molecule has 6 heteroatoms. The van der Waals surface area contributed by atoms with E-state index in [1.54, 1.807) is 0 Å². The predicted octanol–water partition coefficient (Wildman–Crippen LogP) is 2.47. The minimum absolute atomic E-state index is 0.0707. The molecule has 0 amide bonds. The largest absolute Gasteiger partial charge is 0.506 e. The first kappa shape index (κ1) is 16.1. The van der Waals surface area contributed by atoms with E-state index in [-0.39, 0.29) is 16.3 Å². The summed E-state index contributed by atoms with van der Waals surface area (Å²) in [4.78, 5) is 0.0973. The van der Waals surface area contributed by atoms with E-state index in [1.165, 1.54) is 37.5 Å². The molecule has 0 aliphatic heterocycles. The molecule has 0 atom stereocenters. The van der Waals surface area contributed by atoms with Gasteiger partial charge in [-0.2, -0.15) is 0 Å². The van der Waals surface area contributed by atoms with E-state index in [4.69, 9.17) is 5.73 Å². The summed E-state index contributed by atoms with van der Waals surface area (Å²) >= 11 is 0. The molecular formula is C15H24N2O3S. The van der Waals surface area contributed by atoms with Gasteiger partial charge in [0.15, 0.2) is 0 Å². The molecule has 0 bridgehead atoms. The highest BCUT2D eigenvalue weighted by molar-refractivity contribution is 7.89. The monoisotopic (exact) mass is 312 g/mol. The van der Waals surface area contributed by atoms with Gasteiger partial charge in [-0.3, -0.25) is 0 Å². The first-order valence-corrected chi connectivity index (χ1v) is 8.99. The fraction of sp³-hybridized carbons (Fsp3) is 0.600. The zero-order valence-corrected chi connectivity index (χ0v) is 13.2. The number of phenols is 1. The summed E-state index contributed by atoms with van der Waals surface area (Å²) in [5.74, 6) is 1.11. The second-order valence-electron chi connectivity index (χ2n) is 5.87. The molecule has 4 N–H and O–H groups in total. The number of hydrogen-bond donors (Lipinski definition) is 3. The summed E-state index contributed by atoms with van der Waals surface area (Å²) in [6.45, 7) is 2.68. The van der Waals surface area contributed by atoms with Gasteiger partial charge in [-0.1, -0.05) is 26.2 Å². The Balaban J connectivity index is 1.94. The SMILES string of the molecule is CCC1CCC(CNS(=O)(=O)c2ccc(O)c(N)c2)CC1. The number of phenolic OH excluding ortho intramolecular Hbond substituents is 1. The molecule has 1 aromatic carbocycles. The van der Waals surface area contributed by atoms with Crippen LogP contribution in [0.5, 0.6) is 5.75 Å². The third kappa shape index (κ3) is 4.11. The number of anilines is 1. The second-order valence-corrected chi connectivity index (χ2v) is 7.63. The Labute approximate surface area is 126 Å². The Hall–Kier alpha value is -1.27. The van der Waals surface area contributed by atoms with Gasteiger partial charge in [-0.25, -0.2) is 13.1 Å². The molecule has 0 radical (unpaired) electrons. The van der Waals surface area contributed by atoms with Crippen molar-refractivity contribution in [2.45, 2.75) is 43.9 Å². The predicted molar refractivity (Wildman–Crippen MR) is 83.4 cm³/mol. The van der Waals surface area contributed by atoms with Gasteiger partial charge in [-0.05, 0) is 42.9 Å². The molecule has 2 rings (SSSR count). The van der Waals surface area contributed by atoms with Crippen LogP contribution in [0.15, 0.2) is 23.1 Å². The fourth-order valence-corrected chi connectivity index (χ4v) is 4.01. The van der Waals surface area contributed by atoms with E-state index in [0.717, 1.165) is 18.8 Å². The van der Waals surface area contributed by atoms with E-state index in [1.807, 2.05) is 0 Å². The van der Waals surface area contributed by atoms with E-state index in [0.29, 0.717) is 12.5 Å². The van der Waals surface area contributed by atoms with Crippen LogP contribution in [-0.2, 0) is 10.0 Å². The minimum atomic E-state index is -3.56. The van der Waals surface area contributed by atoms with E-state index < -0.39 is 10.0 Å². The van der Waals surface area contributed by atoms with Crippen molar-refractivity contribution in [3.8, 4) is 5.75 Å². The molecule has 1 saturated carbocycles. The third-order valence-electron chi connectivity index (χ3n) is 4.42. The molecule has 21 heavy (non-hydrogen) atoms. The van der Waals surface area contributed by atoms with Gasteiger partial charge in [0.1, 0.15) is 5.75 Å². The highest BCUT2D eigenvalue weighted by atomic mass is 32.2. The Bertz CT molecular complexity index is 579. The molecule has 5 nitrogen and oxygen atoms in total. The Kier molecular flexibility index (Phi) is 5.11. The lowest BCUT2D eigenvalue weighted by Crippen LogP contribution is -2.31. The maximum Gasteiger partial charge on any atom is 0.240 e. The van der Waals surface area contributed by atoms with Crippen LogP contribution in [0.2, 0.25) is 0 Å². The molecule has 1 fully saturated rings. The molecule has 118 valence electrons. The maximum absolute atomic E-state index is 12.2.